The van der Waals surface area contributed by atoms with Gasteiger partial charge in [-0.3, -0.25) is 4.79 Å². The lowest BCUT2D eigenvalue weighted by Crippen LogP contribution is -2.17. The second-order valence-corrected chi connectivity index (χ2v) is 9.42. The van der Waals surface area contributed by atoms with Crippen molar-refractivity contribution in [2.45, 2.75) is 51.4 Å². The molecule has 0 heterocycles. The van der Waals surface area contributed by atoms with E-state index in [-0.39, 0.29) is 6.42 Å². The van der Waals surface area contributed by atoms with Crippen molar-refractivity contribution in [3.63, 3.8) is 0 Å². The Morgan fingerprint density at radius 2 is 1.93 bits per heavy atom. The van der Waals surface area contributed by atoms with E-state index < -0.39 is 20.1 Å². The summed E-state index contributed by atoms with van der Waals surface area (Å²) >= 11 is 0. The van der Waals surface area contributed by atoms with Crippen LogP contribution in [0.1, 0.15) is 25.7 Å². The summed E-state index contributed by atoms with van der Waals surface area (Å²) in [4.78, 5) is 10.2. The molecular formula is C11H20O3Si. The van der Waals surface area contributed by atoms with Crippen molar-refractivity contribution >= 4 is 14.0 Å². The fraction of sp³-hybridized carbons (Fsp3) is 0.727. The molecular weight excluding hydrogens is 208 g/mol. The van der Waals surface area contributed by atoms with Crippen LogP contribution in [0.3, 0.4) is 0 Å². The van der Waals surface area contributed by atoms with Crippen molar-refractivity contribution in [1.29, 1.82) is 0 Å². The highest BCUT2D eigenvalue weighted by molar-refractivity contribution is 6.83. The predicted molar refractivity (Wildman–Crippen MR) is 63.2 cm³/mol. The van der Waals surface area contributed by atoms with E-state index in [1.165, 1.54) is 0 Å². The van der Waals surface area contributed by atoms with E-state index in [0.717, 1.165) is 0 Å². The molecule has 0 spiro atoms. The summed E-state index contributed by atoms with van der Waals surface area (Å²) in [7, 11) is -1.40. The number of unbranched alkanes of at least 4 members (excludes halogenated alkanes) is 1. The van der Waals surface area contributed by atoms with Crippen LogP contribution in [0.15, 0.2) is 0 Å². The zero-order chi connectivity index (χ0) is 11.9. The minimum Gasteiger partial charge on any atom is -0.481 e. The zero-order valence-electron chi connectivity index (χ0n) is 9.71. The van der Waals surface area contributed by atoms with E-state index in [9.17, 15) is 9.90 Å². The molecule has 0 aromatic heterocycles. The first-order valence-corrected chi connectivity index (χ1v) is 8.74. The van der Waals surface area contributed by atoms with Gasteiger partial charge in [0.05, 0.1) is 0 Å². The van der Waals surface area contributed by atoms with E-state index in [1.54, 1.807) is 0 Å². The Labute approximate surface area is 92.5 Å². The van der Waals surface area contributed by atoms with Crippen molar-refractivity contribution in [2.75, 3.05) is 0 Å². The fourth-order valence-corrected chi connectivity index (χ4v) is 1.59. The molecule has 0 aliphatic carbocycles. The van der Waals surface area contributed by atoms with Crippen LogP contribution in [-0.2, 0) is 4.79 Å². The molecule has 0 saturated heterocycles. The summed E-state index contributed by atoms with van der Waals surface area (Å²) in [5, 5.41) is 17.9. The van der Waals surface area contributed by atoms with Crippen LogP contribution in [-0.4, -0.2) is 30.4 Å². The smallest absolute Gasteiger partial charge is 0.303 e. The number of carboxylic acid groups (broad SMARTS) is 1. The summed E-state index contributed by atoms with van der Waals surface area (Å²) in [6, 6.07) is 0. The number of carbonyl (C=O) groups is 1. The molecule has 0 aliphatic rings. The second kappa shape index (κ2) is 6.65. The van der Waals surface area contributed by atoms with Gasteiger partial charge < -0.3 is 10.2 Å². The van der Waals surface area contributed by atoms with Crippen LogP contribution < -0.4 is 0 Å². The van der Waals surface area contributed by atoms with Gasteiger partial charge in [0, 0.05) is 6.42 Å². The lowest BCUT2D eigenvalue weighted by molar-refractivity contribution is -0.137. The Morgan fingerprint density at radius 1 is 1.33 bits per heavy atom. The van der Waals surface area contributed by atoms with E-state index in [0.29, 0.717) is 19.3 Å². The average Bonchev–Trinajstić information content (AvgIpc) is 2.07. The van der Waals surface area contributed by atoms with Gasteiger partial charge in [0.15, 0.2) is 0 Å². The SMILES string of the molecule is C[Si](C)(C)C#CC(O)CCCCC(=O)O. The maximum absolute atomic E-state index is 10.2. The van der Waals surface area contributed by atoms with Crippen LogP contribution in [0.5, 0.6) is 0 Å². The van der Waals surface area contributed by atoms with E-state index in [1.807, 2.05) is 0 Å². The normalized spacial score (nSPS) is 12.8. The van der Waals surface area contributed by atoms with Crippen molar-refractivity contribution in [3.8, 4) is 11.5 Å². The molecule has 1 atom stereocenters. The van der Waals surface area contributed by atoms with Crippen molar-refractivity contribution in [2.24, 2.45) is 0 Å². The number of hydrogen-bond donors (Lipinski definition) is 2. The van der Waals surface area contributed by atoms with Gasteiger partial charge in [-0.25, -0.2) is 0 Å². The number of aliphatic hydroxyl groups is 1. The largest absolute Gasteiger partial charge is 0.481 e. The number of aliphatic carboxylic acids is 1. The van der Waals surface area contributed by atoms with E-state index in [2.05, 4.69) is 31.1 Å². The molecule has 0 radical (unpaired) electrons. The van der Waals surface area contributed by atoms with Gasteiger partial charge >= 0.3 is 5.97 Å². The maximum Gasteiger partial charge on any atom is 0.303 e. The summed E-state index contributed by atoms with van der Waals surface area (Å²) in [5.74, 6) is 2.05. The summed E-state index contributed by atoms with van der Waals surface area (Å²) in [6.45, 7) is 6.37. The highest BCUT2D eigenvalue weighted by Crippen LogP contribution is 2.04. The quantitative estimate of drug-likeness (QED) is 0.429. The van der Waals surface area contributed by atoms with Gasteiger partial charge in [-0.1, -0.05) is 25.6 Å². The molecule has 0 bridgehead atoms. The van der Waals surface area contributed by atoms with Crippen LogP contribution in [0, 0.1) is 11.5 Å². The second-order valence-electron chi connectivity index (χ2n) is 4.67. The lowest BCUT2D eigenvalue weighted by atomic mass is 10.1. The molecule has 86 valence electrons. The summed E-state index contributed by atoms with van der Waals surface area (Å²) < 4.78 is 0. The van der Waals surface area contributed by atoms with Gasteiger partial charge in [-0.2, -0.15) is 0 Å². The molecule has 4 heteroatoms. The first-order chi connectivity index (χ1) is 6.81. The first-order valence-electron chi connectivity index (χ1n) is 5.24. The lowest BCUT2D eigenvalue weighted by Gasteiger charge is -2.06. The van der Waals surface area contributed by atoms with Gasteiger partial charge in [-0.05, 0) is 19.3 Å². The monoisotopic (exact) mass is 228 g/mol. The minimum absolute atomic E-state index is 0.175. The van der Waals surface area contributed by atoms with Gasteiger partial charge in [0.1, 0.15) is 14.2 Å². The average molecular weight is 228 g/mol. The van der Waals surface area contributed by atoms with Crippen LogP contribution in [0.2, 0.25) is 19.6 Å². The van der Waals surface area contributed by atoms with Crippen LogP contribution in [0.4, 0.5) is 0 Å². The molecule has 15 heavy (non-hydrogen) atoms. The third kappa shape index (κ3) is 11.1. The Morgan fingerprint density at radius 3 is 2.40 bits per heavy atom. The van der Waals surface area contributed by atoms with Crippen molar-refractivity contribution < 1.29 is 15.0 Å². The highest BCUT2D eigenvalue weighted by atomic mass is 28.3. The molecule has 0 aromatic rings. The van der Waals surface area contributed by atoms with Crippen LogP contribution >= 0.6 is 0 Å². The Kier molecular flexibility index (Phi) is 6.30. The van der Waals surface area contributed by atoms with Gasteiger partial charge in [0.25, 0.3) is 0 Å². The third-order valence-corrected chi connectivity index (χ3v) is 2.63. The molecule has 0 aromatic carbocycles. The summed E-state index contributed by atoms with van der Waals surface area (Å²) in [5.41, 5.74) is 3.09. The maximum atomic E-state index is 10.2. The number of rotatable bonds is 5. The Hall–Kier alpha value is -0.793. The molecule has 0 rings (SSSR count). The molecule has 1 unspecified atom stereocenters. The molecule has 0 amide bonds. The van der Waals surface area contributed by atoms with Crippen LogP contribution in [0.25, 0.3) is 0 Å². The topological polar surface area (TPSA) is 57.5 Å². The van der Waals surface area contributed by atoms with E-state index in [4.69, 9.17) is 5.11 Å². The molecule has 0 saturated carbocycles. The van der Waals surface area contributed by atoms with E-state index >= 15 is 0 Å². The van der Waals surface area contributed by atoms with Gasteiger partial charge in [-0.15, -0.1) is 5.54 Å². The third-order valence-electron chi connectivity index (χ3n) is 1.73. The molecule has 2 N–H and O–H groups in total. The standard InChI is InChI=1S/C11H20O3Si/c1-15(2,3)9-8-10(12)6-4-5-7-11(13)14/h10,12H,4-7H2,1-3H3,(H,13,14). The van der Waals surface area contributed by atoms with Crippen molar-refractivity contribution in [3.05, 3.63) is 0 Å². The minimum atomic E-state index is -1.40. The number of aliphatic hydroxyl groups excluding tert-OH is 1. The fourth-order valence-electron chi connectivity index (χ4n) is 0.986. The van der Waals surface area contributed by atoms with Gasteiger partial charge in [0.2, 0.25) is 0 Å². The molecule has 0 aliphatic heterocycles. The molecule has 3 nitrogen and oxygen atoms in total. The number of carboxylic acids is 1. The number of hydrogen-bond acceptors (Lipinski definition) is 2. The summed E-state index contributed by atoms with van der Waals surface area (Å²) in [6.07, 6.45) is 1.49. The highest BCUT2D eigenvalue weighted by Gasteiger charge is 2.08. The molecule has 0 fully saturated rings. The Balaban J connectivity index is 3.69. The van der Waals surface area contributed by atoms with Crippen molar-refractivity contribution in [1.82, 2.24) is 0 Å². The first kappa shape index (κ1) is 14.2. The zero-order valence-corrected chi connectivity index (χ0v) is 10.7. The Bertz CT molecular complexity index is 257. The predicted octanol–water partition coefficient (Wildman–Crippen LogP) is 1.87.